The molecular formula is C14H2F6N4. The van der Waals surface area contributed by atoms with Crippen molar-refractivity contribution in [2.24, 2.45) is 9.98 Å². The highest BCUT2D eigenvalue weighted by Gasteiger charge is 2.41. The van der Waals surface area contributed by atoms with Crippen LogP contribution in [0.15, 0.2) is 33.0 Å². The zero-order chi connectivity index (χ0) is 17.8. The van der Waals surface area contributed by atoms with Crippen molar-refractivity contribution in [1.29, 1.82) is 10.5 Å². The maximum atomic E-state index is 14.1. The zero-order valence-corrected chi connectivity index (χ0v) is 11.2. The summed E-state index contributed by atoms with van der Waals surface area (Å²) in [5.41, 5.74) is -2.59. The zero-order valence-electron chi connectivity index (χ0n) is 11.2. The molecule has 0 aromatic heterocycles. The maximum Gasteiger partial charge on any atom is 0.187 e. The first kappa shape index (κ1) is 15.7. The molecule has 0 fully saturated rings. The molecule has 0 N–H and O–H groups in total. The smallest absolute Gasteiger partial charge is 0.187 e. The molecular weight excluding hydrogens is 338 g/mol. The van der Waals surface area contributed by atoms with Gasteiger partial charge in [0.2, 0.25) is 0 Å². The summed E-state index contributed by atoms with van der Waals surface area (Å²) in [7, 11) is 0. The summed E-state index contributed by atoms with van der Waals surface area (Å²) in [6, 6.07) is -1.83. The Kier molecular flexibility index (Phi) is 3.41. The van der Waals surface area contributed by atoms with Crippen molar-refractivity contribution in [3.05, 3.63) is 56.8 Å². The highest BCUT2D eigenvalue weighted by atomic mass is 19.2. The highest BCUT2D eigenvalue weighted by molar-refractivity contribution is 5.49. The van der Waals surface area contributed by atoms with Crippen LogP contribution in [0.2, 0.25) is 0 Å². The molecule has 0 radical (unpaired) electrons. The van der Waals surface area contributed by atoms with Gasteiger partial charge < -0.3 is 0 Å². The van der Waals surface area contributed by atoms with E-state index in [0.29, 0.717) is 0 Å². The Morgan fingerprint density at radius 3 is 1.79 bits per heavy atom. The van der Waals surface area contributed by atoms with Crippen molar-refractivity contribution in [3.8, 4) is 12.1 Å². The molecule has 0 spiro atoms. The van der Waals surface area contributed by atoms with Crippen LogP contribution < -0.4 is 10.7 Å². The second kappa shape index (κ2) is 5.20. The van der Waals surface area contributed by atoms with Crippen LogP contribution >= 0.6 is 0 Å². The Balaban J connectivity index is 2.44. The minimum Gasteiger partial charge on any atom is -0.267 e. The summed E-state index contributed by atoms with van der Waals surface area (Å²) < 4.78 is 83.2. The van der Waals surface area contributed by atoms with E-state index in [4.69, 9.17) is 10.5 Å². The number of hydrogen-bond acceptors (Lipinski definition) is 4. The quantitative estimate of drug-likeness (QED) is 0.534. The molecule has 0 amide bonds. The van der Waals surface area contributed by atoms with Crippen molar-refractivity contribution in [2.75, 3.05) is 0 Å². The van der Waals surface area contributed by atoms with Gasteiger partial charge in [-0.15, -0.1) is 0 Å². The van der Waals surface area contributed by atoms with Gasteiger partial charge >= 0.3 is 0 Å². The van der Waals surface area contributed by atoms with Gasteiger partial charge in [0.05, 0.1) is 0 Å². The van der Waals surface area contributed by atoms with E-state index in [0.717, 1.165) is 12.1 Å². The van der Waals surface area contributed by atoms with Crippen molar-refractivity contribution in [1.82, 2.24) is 0 Å². The Bertz CT molecular complexity index is 1060. The van der Waals surface area contributed by atoms with Gasteiger partial charge in [-0.1, -0.05) is 0 Å². The molecule has 2 unspecified atom stereocenters. The predicted octanol–water partition coefficient (Wildman–Crippen LogP) is 1.88. The fourth-order valence-corrected chi connectivity index (χ4v) is 2.38. The number of benzene rings is 1. The maximum absolute atomic E-state index is 14.1. The number of fused-ring (bicyclic) bond motifs is 2. The molecule has 1 aliphatic heterocycles. The second-order valence-electron chi connectivity index (χ2n) is 4.77. The minimum absolute atomic E-state index is 1.01. The van der Waals surface area contributed by atoms with Gasteiger partial charge in [0.1, 0.15) is 51.9 Å². The molecule has 3 rings (SSSR count). The van der Waals surface area contributed by atoms with Crippen molar-refractivity contribution in [3.63, 3.8) is 0 Å². The Morgan fingerprint density at radius 1 is 0.708 bits per heavy atom. The van der Waals surface area contributed by atoms with E-state index in [9.17, 15) is 26.3 Å². The van der Waals surface area contributed by atoms with E-state index in [2.05, 4.69) is 9.98 Å². The van der Waals surface area contributed by atoms with Crippen LogP contribution in [0.4, 0.5) is 26.3 Å². The third kappa shape index (κ3) is 1.86. The predicted molar refractivity (Wildman–Crippen MR) is 63.9 cm³/mol. The average molecular weight is 340 g/mol. The van der Waals surface area contributed by atoms with Crippen LogP contribution in [-0.2, 0) is 0 Å². The first-order valence-corrected chi connectivity index (χ1v) is 6.21. The Labute approximate surface area is 129 Å². The van der Waals surface area contributed by atoms with E-state index in [1.165, 1.54) is 0 Å². The van der Waals surface area contributed by atoms with Gasteiger partial charge in [0.25, 0.3) is 0 Å². The lowest BCUT2D eigenvalue weighted by Gasteiger charge is -2.25. The summed E-state index contributed by atoms with van der Waals surface area (Å²) in [5, 5.41) is 15.2. The van der Waals surface area contributed by atoms with Gasteiger partial charge in [0.15, 0.2) is 29.1 Å². The fraction of sp³-hybridized carbons (Fsp3) is 0.143. The van der Waals surface area contributed by atoms with E-state index in [1.54, 1.807) is 0 Å². The van der Waals surface area contributed by atoms with E-state index in [1.807, 2.05) is 0 Å². The molecule has 0 bridgehead atoms. The summed E-state index contributed by atoms with van der Waals surface area (Å²) >= 11 is 0. The normalized spacial score (nSPS) is 22.0. The van der Waals surface area contributed by atoms with Crippen LogP contribution in [0.5, 0.6) is 0 Å². The largest absolute Gasteiger partial charge is 0.267 e. The Hall–Kier alpha value is -3.14. The third-order valence-corrected chi connectivity index (χ3v) is 3.52. The van der Waals surface area contributed by atoms with Crippen molar-refractivity contribution < 1.29 is 26.3 Å². The van der Waals surface area contributed by atoms with Crippen LogP contribution in [0, 0.1) is 40.1 Å². The number of rotatable bonds is 0. The molecule has 0 saturated carbocycles. The lowest BCUT2D eigenvalue weighted by Crippen LogP contribution is -2.45. The van der Waals surface area contributed by atoms with Gasteiger partial charge in [0, 0.05) is 0 Å². The van der Waals surface area contributed by atoms with E-state index in [-0.39, 0.29) is 0 Å². The molecule has 1 heterocycles. The molecule has 0 saturated heterocycles. The number of nitrogens with zero attached hydrogens (tertiary/aromatic N) is 4. The summed E-state index contributed by atoms with van der Waals surface area (Å²) in [5.74, 6) is -10.4. The van der Waals surface area contributed by atoms with Crippen LogP contribution in [0.25, 0.3) is 0 Å². The topological polar surface area (TPSA) is 72.3 Å². The fourth-order valence-electron chi connectivity index (χ4n) is 2.38. The van der Waals surface area contributed by atoms with E-state index >= 15 is 0 Å². The first-order chi connectivity index (χ1) is 11.3. The SMILES string of the molecule is N#CC1=C(F)C2N=c3c(F)c(C#N)c(F)c(F)c3=NC2C(F)=C1F. The molecule has 2 aliphatic rings. The van der Waals surface area contributed by atoms with E-state index < -0.39 is 68.9 Å². The van der Waals surface area contributed by atoms with Gasteiger partial charge in [-0.2, -0.15) is 10.5 Å². The molecule has 1 aromatic rings. The van der Waals surface area contributed by atoms with Crippen LogP contribution in [0.1, 0.15) is 5.56 Å². The molecule has 120 valence electrons. The first-order valence-electron chi connectivity index (χ1n) is 6.21. The monoisotopic (exact) mass is 340 g/mol. The molecule has 2 atom stereocenters. The summed E-state index contributed by atoms with van der Waals surface area (Å²) in [4.78, 5) is 6.69. The third-order valence-electron chi connectivity index (χ3n) is 3.52. The van der Waals surface area contributed by atoms with Gasteiger partial charge in [-0.05, 0) is 0 Å². The molecule has 1 aromatic carbocycles. The number of hydrogen-bond donors (Lipinski definition) is 0. The number of halogens is 6. The van der Waals surface area contributed by atoms with Crippen LogP contribution in [0.3, 0.4) is 0 Å². The standard InChI is InChI=1S/C14H2F6N4/c15-5-3(1-21)7(17)11-13(9(5)19)24-14-10(20)6(16)4(2-22)8(18)12(14)23-11/h11,13H. The summed E-state index contributed by atoms with van der Waals surface area (Å²) in [6.07, 6.45) is 0. The average Bonchev–Trinajstić information content (AvgIpc) is 2.58. The van der Waals surface area contributed by atoms with Gasteiger partial charge in [-0.3, -0.25) is 9.98 Å². The number of nitriles is 2. The van der Waals surface area contributed by atoms with Gasteiger partial charge in [-0.25, -0.2) is 26.3 Å². The molecule has 4 nitrogen and oxygen atoms in total. The van der Waals surface area contributed by atoms with Crippen molar-refractivity contribution in [2.45, 2.75) is 12.1 Å². The minimum atomic E-state index is -2.05. The number of allylic oxidation sites excluding steroid dienone is 2. The highest BCUT2D eigenvalue weighted by Crippen LogP contribution is 2.36. The second-order valence-corrected chi connectivity index (χ2v) is 4.77. The molecule has 10 heteroatoms. The molecule has 24 heavy (non-hydrogen) atoms. The van der Waals surface area contributed by atoms with Crippen molar-refractivity contribution >= 4 is 0 Å². The van der Waals surface area contributed by atoms with Crippen LogP contribution in [-0.4, -0.2) is 12.1 Å². The Morgan fingerprint density at radius 2 is 1.25 bits per heavy atom. The summed E-state index contributed by atoms with van der Waals surface area (Å²) in [6.45, 7) is 0. The lowest BCUT2D eigenvalue weighted by molar-refractivity contribution is 0.380. The molecule has 1 aliphatic carbocycles. The lowest BCUT2D eigenvalue weighted by atomic mass is 9.94.